The molecule has 0 atom stereocenters. The summed E-state index contributed by atoms with van der Waals surface area (Å²) in [5.74, 6) is 0. The second-order valence-corrected chi connectivity index (χ2v) is 7.88. The van der Waals surface area contributed by atoms with Crippen LogP contribution in [0.3, 0.4) is 0 Å². The van der Waals surface area contributed by atoms with Crippen LogP contribution in [0.5, 0.6) is 0 Å². The van der Waals surface area contributed by atoms with Crippen molar-refractivity contribution < 1.29 is 0 Å². The topological polar surface area (TPSA) is 3.24 Å². The Morgan fingerprint density at radius 2 is 1.67 bits per heavy atom. The number of benzene rings is 2. The van der Waals surface area contributed by atoms with E-state index >= 15 is 0 Å². The van der Waals surface area contributed by atoms with Gasteiger partial charge in [0.15, 0.2) is 0 Å². The predicted octanol–water partition coefficient (Wildman–Crippen LogP) is 7.84. The molecule has 0 aliphatic heterocycles. The molecule has 0 aliphatic rings. The second-order valence-electron chi connectivity index (χ2n) is 7.88. The predicted molar refractivity (Wildman–Crippen MR) is 121 cm³/mol. The van der Waals surface area contributed by atoms with Crippen LogP contribution in [-0.2, 0) is 6.42 Å². The highest BCUT2D eigenvalue weighted by atomic mass is 15.1. The summed E-state index contributed by atoms with van der Waals surface area (Å²) in [5, 5.41) is 0. The molecule has 146 valence electrons. The highest BCUT2D eigenvalue weighted by Gasteiger charge is 2.15. The molecule has 0 bridgehead atoms. The lowest BCUT2D eigenvalue weighted by molar-refractivity contribution is 0.715. The lowest BCUT2D eigenvalue weighted by atomic mass is 9.97. The number of hydrogen-bond donors (Lipinski definition) is 0. The summed E-state index contributed by atoms with van der Waals surface area (Å²) in [4.78, 5) is 2.53. The number of hydrogen-bond acceptors (Lipinski definition) is 1. The monoisotopic (exact) mass is 363 g/mol. The van der Waals surface area contributed by atoms with Crippen molar-refractivity contribution in [1.29, 1.82) is 0 Å². The molecule has 0 fully saturated rings. The van der Waals surface area contributed by atoms with Crippen LogP contribution in [-0.4, -0.2) is 6.54 Å². The molecule has 0 saturated heterocycles. The van der Waals surface area contributed by atoms with Crippen LogP contribution in [0.15, 0.2) is 48.6 Å². The molecule has 27 heavy (non-hydrogen) atoms. The molecule has 2 aromatic carbocycles. The summed E-state index contributed by atoms with van der Waals surface area (Å²) in [6, 6.07) is 13.7. The van der Waals surface area contributed by atoms with Gasteiger partial charge in [-0.05, 0) is 80.8 Å². The van der Waals surface area contributed by atoms with Gasteiger partial charge in [0.1, 0.15) is 0 Å². The summed E-state index contributed by atoms with van der Waals surface area (Å²) in [5.41, 5.74) is 9.55. The van der Waals surface area contributed by atoms with Crippen molar-refractivity contribution in [2.45, 2.75) is 73.1 Å². The summed E-state index contributed by atoms with van der Waals surface area (Å²) >= 11 is 0. The van der Waals surface area contributed by atoms with E-state index in [1.807, 2.05) is 0 Å². The number of nitrogens with zero attached hydrogens (tertiary/aromatic N) is 1. The molecule has 1 nitrogen and oxygen atoms in total. The molecule has 0 saturated carbocycles. The average Bonchev–Trinajstić information content (AvgIpc) is 2.64. The lowest BCUT2D eigenvalue weighted by Crippen LogP contribution is -2.21. The third kappa shape index (κ3) is 5.99. The van der Waals surface area contributed by atoms with E-state index in [4.69, 9.17) is 0 Å². The molecule has 0 unspecified atom stereocenters. The Kier molecular flexibility index (Phi) is 8.16. The summed E-state index contributed by atoms with van der Waals surface area (Å²) in [6.45, 7) is 16.4. The van der Waals surface area contributed by atoms with Crippen molar-refractivity contribution in [2.24, 2.45) is 0 Å². The van der Waals surface area contributed by atoms with Crippen molar-refractivity contribution in [3.05, 3.63) is 70.8 Å². The van der Waals surface area contributed by atoms with E-state index in [1.54, 1.807) is 0 Å². The van der Waals surface area contributed by atoms with Crippen molar-refractivity contribution in [3.8, 4) is 0 Å². The maximum absolute atomic E-state index is 4.16. The van der Waals surface area contributed by atoms with Crippen LogP contribution in [0.25, 0.3) is 0 Å². The van der Waals surface area contributed by atoms with Gasteiger partial charge in [-0.3, -0.25) is 0 Å². The second kappa shape index (κ2) is 10.3. The van der Waals surface area contributed by atoms with Gasteiger partial charge in [0.25, 0.3) is 0 Å². The summed E-state index contributed by atoms with van der Waals surface area (Å²) < 4.78 is 0. The quantitative estimate of drug-likeness (QED) is 0.307. The zero-order chi connectivity index (χ0) is 19.8. The number of anilines is 2. The standard InChI is InChI=1S/C26H37N/c1-7-9-10-16-27(25-13-11-12-21(4)17-25)26-22(5)18-24(19-23(26)6)15-14-20(3)8-2/h11-13,17-19H,3,7-10,14-16H2,1-2,4-6H3. The maximum Gasteiger partial charge on any atom is 0.0470 e. The van der Waals surface area contributed by atoms with E-state index in [0.717, 1.165) is 25.8 Å². The van der Waals surface area contributed by atoms with E-state index < -0.39 is 0 Å². The highest BCUT2D eigenvalue weighted by molar-refractivity contribution is 5.70. The fourth-order valence-electron chi connectivity index (χ4n) is 3.80. The van der Waals surface area contributed by atoms with Gasteiger partial charge < -0.3 is 4.90 Å². The van der Waals surface area contributed by atoms with Gasteiger partial charge >= 0.3 is 0 Å². The van der Waals surface area contributed by atoms with E-state index in [9.17, 15) is 0 Å². The minimum Gasteiger partial charge on any atom is -0.341 e. The number of aryl methyl sites for hydroxylation is 4. The molecule has 2 rings (SSSR count). The van der Waals surface area contributed by atoms with Crippen LogP contribution >= 0.6 is 0 Å². The first-order valence-electron chi connectivity index (χ1n) is 10.6. The Hall–Kier alpha value is -2.02. The molecular weight excluding hydrogens is 326 g/mol. The molecule has 2 aromatic rings. The smallest absolute Gasteiger partial charge is 0.0470 e. The Morgan fingerprint density at radius 3 is 2.26 bits per heavy atom. The molecule has 0 heterocycles. The van der Waals surface area contributed by atoms with Crippen LogP contribution < -0.4 is 4.90 Å². The first-order valence-corrected chi connectivity index (χ1v) is 10.6. The molecule has 0 amide bonds. The highest BCUT2D eigenvalue weighted by Crippen LogP contribution is 2.34. The molecule has 0 N–H and O–H groups in total. The van der Waals surface area contributed by atoms with Gasteiger partial charge in [-0.15, -0.1) is 0 Å². The lowest BCUT2D eigenvalue weighted by Gasteiger charge is -2.29. The minimum absolute atomic E-state index is 1.07. The van der Waals surface area contributed by atoms with E-state index in [2.05, 4.69) is 82.5 Å². The van der Waals surface area contributed by atoms with Crippen LogP contribution in [0.4, 0.5) is 11.4 Å². The fourth-order valence-corrected chi connectivity index (χ4v) is 3.80. The zero-order valence-corrected chi connectivity index (χ0v) is 18.1. The van der Waals surface area contributed by atoms with Gasteiger partial charge in [0.05, 0.1) is 0 Å². The fraction of sp³-hybridized carbons (Fsp3) is 0.462. The molecule has 0 spiro atoms. The largest absolute Gasteiger partial charge is 0.341 e. The Morgan fingerprint density at radius 1 is 0.963 bits per heavy atom. The van der Waals surface area contributed by atoms with Gasteiger partial charge in [-0.1, -0.05) is 63.1 Å². The van der Waals surface area contributed by atoms with E-state index in [-0.39, 0.29) is 0 Å². The molecular formula is C26H37N. The Balaban J connectivity index is 2.35. The number of unbranched alkanes of at least 4 members (excludes halogenated alkanes) is 2. The zero-order valence-electron chi connectivity index (χ0n) is 18.1. The first kappa shape index (κ1) is 21.3. The van der Waals surface area contributed by atoms with Crippen LogP contribution in [0, 0.1) is 20.8 Å². The molecule has 0 aliphatic carbocycles. The van der Waals surface area contributed by atoms with Gasteiger partial charge in [0.2, 0.25) is 0 Å². The molecule has 0 radical (unpaired) electrons. The van der Waals surface area contributed by atoms with Gasteiger partial charge in [-0.2, -0.15) is 0 Å². The third-order valence-corrected chi connectivity index (χ3v) is 5.39. The number of allylic oxidation sites excluding steroid dienone is 1. The normalized spacial score (nSPS) is 10.9. The third-order valence-electron chi connectivity index (χ3n) is 5.39. The minimum atomic E-state index is 1.07. The van der Waals surface area contributed by atoms with Gasteiger partial charge in [0, 0.05) is 17.9 Å². The van der Waals surface area contributed by atoms with Crippen molar-refractivity contribution in [2.75, 3.05) is 11.4 Å². The van der Waals surface area contributed by atoms with E-state index in [0.29, 0.717) is 0 Å². The molecule has 0 aromatic heterocycles. The SMILES string of the molecule is C=C(CC)CCc1cc(C)c(N(CCCCC)c2cccc(C)c2)c(C)c1. The van der Waals surface area contributed by atoms with Crippen molar-refractivity contribution in [1.82, 2.24) is 0 Å². The molecule has 1 heteroatoms. The number of rotatable bonds is 10. The van der Waals surface area contributed by atoms with Crippen LogP contribution in [0.1, 0.15) is 68.2 Å². The first-order chi connectivity index (χ1) is 13.0. The average molecular weight is 364 g/mol. The Labute approximate surface area is 167 Å². The summed E-state index contributed by atoms with van der Waals surface area (Å²) in [7, 11) is 0. The van der Waals surface area contributed by atoms with Gasteiger partial charge in [-0.25, -0.2) is 0 Å². The maximum atomic E-state index is 4.16. The summed E-state index contributed by atoms with van der Waals surface area (Å²) in [6.07, 6.45) is 7.01. The Bertz CT molecular complexity index is 734. The van der Waals surface area contributed by atoms with Crippen molar-refractivity contribution in [3.63, 3.8) is 0 Å². The van der Waals surface area contributed by atoms with Crippen molar-refractivity contribution >= 4 is 11.4 Å². The van der Waals surface area contributed by atoms with E-state index in [1.165, 1.54) is 58.5 Å². The van der Waals surface area contributed by atoms with Crippen LogP contribution in [0.2, 0.25) is 0 Å².